The second-order valence-corrected chi connectivity index (χ2v) is 6.54. The van der Waals surface area contributed by atoms with Gasteiger partial charge in [-0.05, 0) is 45.2 Å². The van der Waals surface area contributed by atoms with Crippen LogP contribution in [0.15, 0.2) is 36.7 Å². The van der Waals surface area contributed by atoms with Crippen LogP contribution >= 0.6 is 0 Å². The molecule has 24 heavy (non-hydrogen) atoms. The van der Waals surface area contributed by atoms with Crippen LogP contribution in [-0.4, -0.2) is 39.2 Å². The van der Waals surface area contributed by atoms with Crippen LogP contribution in [0, 0.1) is 6.92 Å². The number of anilines is 1. The maximum Gasteiger partial charge on any atom is 0.254 e. The maximum atomic E-state index is 13.0. The van der Waals surface area contributed by atoms with Gasteiger partial charge < -0.3 is 10.2 Å². The highest BCUT2D eigenvalue weighted by atomic mass is 16.2. The monoisotopic (exact) mass is 326 g/mol. The van der Waals surface area contributed by atoms with E-state index in [2.05, 4.69) is 24.3 Å². The number of nitrogens with one attached hydrogen (secondary N) is 1. The lowest BCUT2D eigenvalue weighted by atomic mass is 10.0. The van der Waals surface area contributed by atoms with Crippen molar-refractivity contribution in [3.8, 4) is 0 Å². The van der Waals surface area contributed by atoms with E-state index in [-0.39, 0.29) is 18.0 Å². The van der Waals surface area contributed by atoms with E-state index < -0.39 is 0 Å². The minimum Gasteiger partial charge on any atom is -0.378 e. The van der Waals surface area contributed by atoms with E-state index in [1.807, 2.05) is 53.2 Å². The Balaban J connectivity index is 1.72. The zero-order chi connectivity index (χ0) is 17.1. The highest BCUT2D eigenvalue weighted by Crippen LogP contribution is 2.25. The normalized spacial score (nSPS) is 18.6. The largest absolute Gasteiger partial charge is 0.378 e. The molecule has 128 valence electrons. The van der Waals surface area contributed by atoms with Crippen molar-refractivity contribution < 1.29 is 4.79 Å². The van der Waals surface area contributed by atoms with Crippen molar-refractivity contribution in [2.24, 2.45) is 0 Å². The number of carbonyl (C=O) groups excluding carboxylic acids is 1. The second-order valence-electron chi connectivity index (χ2n) is 6.54. The van der Waals surface area contributed by atoms with E-state index in [0.717, 1.165) is 42.7 Å². The number of amides is 1. The number of carbonyl (C=O) groups is 1. The topological polar surface area (TPSA) is 50.2 Å². The molecule has 1 fully saturated rings. The average molecular weight is 326 g/mol. The van der Waals surface area contributed by atoms with Crippen LogP contribution in [-0.2, 0) is 6.54 Å². The van der Waals surface area contributed by atoms with E-state index in [9.17, 15) is 4.79 Å². The molecule has 3 rings (SSSR count). The van der Waals surface area contributed by atoms with Crippen molar-refractivity contribution in [1.82, 2.24) is 14.7 Å². The van der Waals surface area contributed by atoms with Gasteiger partial charge in [0, 0.05) is 30.9 Å². The van der Waals surface area contributed by atoms with Crippen molar-refractivity contribution in [2.45, 2.75) is 52.2 Å². The Bertz CT molecular complexity index is 709. The van der Waals surface area contributed by atoms with Crippen molar-refractivity contribution >= 4 is 11.6 Å². The second kappa shape index (κ2) is 7.07. The van der Waals surface area contributed by atoms with Crippen LogP contribution in [0.3, 0.4) is 0 Å². The van der Waals surface area contributed by atoms with Gasteiger partial charge in [0.1, 0.15) is 0 Å². The summed E-state index contributed by atoms with van der Waals surface area (Å²) in [5.41, 5.74) is 2.87. The van der Waals surface area contributed by atoms with Crippen LogP contribution < -0.4 is 5.32 Å². The SMILES string of the molecule is CCn1cc(NC(C)[C@@H]2CCCN2C(=O)c2ccccc2C)cn1. The molecular formula is C19H26N4O. The van der Waals surface area contributed by atoms with Crippen LogP contribution in [0.4, 0.5) is 5.69 Å². The molecule has 0 bridgehead atoms. The molecule has 2 aromatic rings. The fourth-order valence-electron chi connectivity index (χ4n) is 3.50. The fraction of sp³-hybridized carbons (Fsp3) is 0.474. The molecule has 0 spiro atoms. The molecule has 1 unspecified atom stereocenters. The summed E-state index contributed by atoms with van der Waals surface area (Å²) in [6.07, 6.45) is 5.96. The first kappa shape index (κ1) is 16.6. The smallest absolute Gasteiger partial charge is 0.254 e. The summed E-state index contributed by atoms with van der Waals surface area (Å²) in [5, 5.41) is 7.81. The lowest BCUT2D eigenvalue weighted by molar-refractivity contribution is 0.0725. The summed E-state index contributed by atoms with van der Waals surface area (Å²) in [5.74, 6) is 0.147. The summed E-state index contributed by atoms with van der Waals surface area (Å²) < 4.78 is 1.90. The molecule has 0 aliphatic carbocycles. The Morgan fingerprint density at radius 2 is 2.21 bits per heavy atom. The van der Waals surface area contributed by atoms with Gasteiger partial charge in [-0.1, -0.05) is 18.2 Å². The molecule has 2 heterocycles. The first-order valence-corrected chi connectivity index (χ1v) is 8.75. The standard InChI is InChI=1S/C19H26N4O/c1-4-22-13-16(12-20-22)21-15(3)18-10-7-11-23(18)19(24)17-9-6-5-8-14(17)2/h5-6,8-9,12-13,15,18,21H,4,7,10-11H2,1-3H3/t15?,18-/m0/s1. The highest BCUT2D eigenvalue weighted by molar-refractivity contribution is 5.96. The Labute approximate surface area is 143 Å². The Hall–Kier alpha value is -2.30. The molecule has 2 atom stereocenters. The molecule has 1 aromatic heterocycles. The van der Waals surface area contributed by atoms with Gasteiger partial charge in [-0.3, -0.25) is 9.48 Å². The van der Waals surface area contributed by atoms with E-state index in [1.54, 1.807) is 0 Å². The summed E-state index contributed by atoms with van der Waals surface area (Å²) in [6.45, 7) is 7.91. The molecule has 0 saturated carbocycles. The van der Waals surface area contributed by atoms with Gasteiger partial charge in [0.05, 0.1) is 17.9 Å². The number of hydrogen-bond donors (Lipinski definition) is 1. The predicted molar refractivity (Wildman–Crippen MR) is 96.2 cm³/mol. The van der Waals surface area contributed by atoms with Gasteiger partial charge in [-0.25, -0.2) is 0 Å². The lowest BCUT2D eigenvalue weighted by Gasteiger charge is -2.30. The van der Waals surface area contributed by atoms with E-state index in [1.165, 1.54) is 0 Å². The molecule has 1 amide bonds. The van der Waals surface area contributed by atoms with E-state index in [0.29, 0.717) is 0 Å². The molecule has 5 heteroatoms. The average Bonchev–Trinajstić information content (AvgIpc) is 3.23. The number of benzene rings is 1. The van der Waals surface area contributed by atoms with E-state index >= 15 is 0 Å². The summed E-state index contributed by atoms with van der Waals surface area (Å²) in [6, 6.07) is 8.24. The fourth-order valence-corrected chi connectivity index (χ4v) is 3.50. The molecule has 0 radical (unpaired) electrons. The van der Waals surface area contributed by atoms with Crippen LogP contribution in [0.25, 0.3) is 0 Å². The number of likely N-dealkylation sites (tertiary alicyclic amines) is 1. The summed E-state index contributed by atoms with van der Waals surface area (Å²) in [4.78, 5) is 15.0. The van der Waals surface area contributed by atoms with Crippen molar-refractivity contribution in [3.05, 3.63) is 47.8 Å². The van der Waals surface area contributed by atoms with Crippen molar-refractivity contribution in [1.29, 1.82) is 0 Å². The number of nitrogens with zero attached hydrogens (tertiary/aromatic N) is 3. The first-order chi connectivity index (χ1) is 11.6. The molecule has 1 aromatic carbocycles. The summed E-state index contributed by atoms with van der Waals surface area (Å²) in [7, 11) is 0. The van der Waals surface area contributed by atoms with Crippen LogP contribution in [0.5, 0.6) is 0 Å². The Morgan fingerprint density at radius 3 is 2.92 bits per heavy atom. The predicted octanol–water partition coefficient (Wildman–Crippen LogP) is 3.32. The van der Waals surface area contributed by atoms with Crippen LogP contribution in [0.1, 0.15) is 42.6 Å². The van der Waals surface area contributed by atoms with Crippen molar-refractivity contribution in [3.63, 3.8) is 0 Å². The molecule has 1 N–H and O–H groups in total. The number of hydrogen-bond acceptors (Lipinski definition) is 3. The zero-order valence-electron chi connectivity index (χ0n) is 14.7. The van der Waals surface area contributed by atoms with E-state index in [4.69, 9.17) is 0 Å². The number of aryl methyl sites for hydroxylation is 2. The van der Waals surface area contributed by atoms with Gasteiger partial charge in [-0.15, -0.1) is 0 Å². The minimum absolute atomic E-state index is 0.147. The third-order valence-corrected chi connectivity index (χ3v) is 4.86. The van der Waals surface area contributed by atoms with Crippen LogP contribution in [0.2, 0.25) is 0 Å². The van der Waals surface area contributed by atoms with Crippen molar-refractivity contribution in [2.75, 3.05) is 11.9 Å². The minimum atomic E-state index is 0.147. The third kappa shape index (κ3) is 3.30. The van der Waals surface area contributed by atoms with Gasteiger partial charge in [0.15, 0.2) is 0 Å². The lowest BCUT2D eigenvalue weighted by Crippen LogP contribution is -2.44. The first-order valence-electron chi connectivity index (χ1n) is 8.75. The zero-order valence-corrected chi connectivity index (χ0v) is 14.7. The summed E-state index contributed by atoms with van der Waals surface area (Å²) >= 11 is 0. The molecule has 1 saturated heterocycles. The Kier molecular flexibility index (Phi) is 4.88. The molecular weight excluding hydrogens is 300 g/mol. The number of rotatable bonds is 5. The van der Waals surface area contributed by atoms with Gasteiger partial charge in [0.2, 0.25) is 0 Å². The number of aromatic nitrogens is 2. The molecule has 5 nitrogen and oxygen atoms in total. The Morgan fingerprint density at radius 1 is 1.42 bits per heavy atom. The molecule has 1 aliphatic rings. The van der Waals surface area contributed by atoms with Gasteiger partial charge >= 0.3 is 0 Å². The van der Waals surface area contributed by atoms with Gasteiger partial charge in [0.25, 0.3) is 5.91 Å². The maximum absolute atomic E-state index is 13.0. The van der Waals surface area contributed by atoms with Gasteiger partial charge in [-0.2, -0.15) is 5.10 Å². The quantitative estimate of drug-likeness (QED) is 0.917. The third-order valence-electron chi connectivity index (χ3n) is 4.86. The highest BCUT2D eigenvalue weighted by Gasteiger charge is 2.33. The molecule has 1 aliphatic heterocycles.